The third-order valence-electron chi connectivity index (χ3n) is 1.87. The maximum absolute atomic E-state index is 4.22. The van der Waals surface area contributed by atoms with E-state index in [1.54, 1.807) is 24.8 Å². The Kier molecular flexibility index (Phi) is 2.36. The van der Waals surface area contributed by atoms with Gasteiger partial charge >= 0.3 is 0 Å². The van der Waals surface area contributed by atoms with Crippen molar-refractivity contribution in [3.05, 3.63) is 36.9 Å². The molecule has 0 unspecified atom stereocenters. The molecule has 0 aliphatic carbocycles. The van der Waals surface area contributed by atoms with Crippen LogP contribution in [0.3, 0.4) is 0 Å². The van der Waals surface area contributed by atoms with E-state index < -0.39 is 0 Å². The lowest BCUT2D eigenvalue weighted by Gasteiger charge is -2.02. The topological polar surface area (TPSA) is 50.7 Å². The summed E-state index contributed by atoms with van der Waals surface area (Å²) >= 11 is 0. The Bertz CT molecular complexity index is 413. The first-order valence-corrected chi connectivity index (χ1v) is 4.30. The van der Waals surface area contributed by atoms with E-state index in [9.17, 15) is 0 Å². The van der Waals surface area contributed by atoms with Crippen LogP contribution in [0, 0.1) is 0 Å². The highest BCUT2D eigenvalue weighted by Crippen LogP contribution is 2.15. The fourth-order valence-corrected chi connectivity index (χ4v) is 1.16. The van der Waals surface area contributed by atoms with E-state index in [1.807, 2.05) is 19.2 Å². The minimum Gasteiger partial charge on any atom is -0.388 e. The Labute approximate surface area is 82.1 Å². The standard InChI is InChI=1S/C10H10N4/c1-11-8-2-3-13-9(6-8)10-7-12-4-5-14-10/h2-7H,1H3,(H,11,13). The summed E-state index contributed by atoms with van der Waals surface area (Å²) in [6.45, 7) is 0. The summed E-state index contributed by atoms with van der Waals surface area (Å²) < 4.78 is 0. The average Bonchev–Trinajstić information content (AvgIpc) is 2.30. The lowest BCUT2D eigenvalue weighted by atomic mass is 10.2. The number of rotatable bonds is 2. The highest BCUT2D eigenvalue weighted by Gasteiger charge is 2.00. The first-order valence-electron chi connectivity index (χ1n) is 4.30. The van der Waals surface area contributed by atoms with Crippen molar-refractivity contribution in [1.82, 2.24) is 15.0 Å². The number of aromatic nitrogens is 3. The van der Waals surface area contributed by atoms with Gasteiger partial charge in [0.05, 0.1) is 11.9 Å². The zero-order valence-electron chi connectivity index (χ0n) is 7.81. The summed E-state index contributed by atoms with van der Waals surface area (Å²) in [6.07, 6.45) is 6.74. The number of hydrogen-bond acceptors (Lipinski definition) is 4. The van der Waals surface area contributed by atoms with Crippen LogP contribution in [0.25, 0.3) is 11.4 Å². The zero-order chi connectivity index (χ0) is 9.80. The Morgan fingerprint density at radius 1 is 1.07 bits per heavy atom. The van der Waals surface area contributed by atoms with Crippen LogP contribution in [-0.2, 0) is 0 Å². The van der Waals surface area contributed by atoms with Gasteiger partial charge in [-0.25, -0.2) is 0 Å². The minimum absolute atomic E-state index is 0.782. The van der Waals surface area contributed by atoms with E-state index in [-0.39, 0.29) is 0 Å². The number of pyridine rings is 1. The van der Waals surface area contributed by atoms with E-state index >= 15 is 0 Å². The van der Waals surface area contributed by atoms with E-state index in [0.29, 0.717) is 0 Å². The minimum atomic E-state index is 0.782. The molecule has 2 aromatic heterocycles. The van der Waals surface area contributed by atoms with Crippen molar-refractivity contribution in [1.29, 1.82) is 0 Å². The molecule has 0 aliphatic heterocycles. The highest BCUT2D eigenvalue weighted by molar-refractivity contribution is 5.59. The number of nitrogens with one attached hydrogen (secondary N) is 1. The van der Waals surface area contributed by atoms with Crippen LogP contribution in [0.4, 0.5) is 5.69 Å². The van der Waals surface area contributed by atoms with Crippen LogP contribution < -0.4 is 5.32 Å². The molecule has 0 radical (unpaired) electrons. The summed E-state index contributed by atoms with van der Waals surface area (Å²) in [5, 5.41) is 3.05. The van der Waals surface area contributed by atoms with Gasteiger partial charge in [0, 0.05) is 31.3 Å². The molecule has 0 spiro atoms. The Hall–Kier alpha value is -1.97. The molecule has 1 N–H and O–H groups in total. The quantitative estimate of drug-likeness (QED) is 0.773. The fourth-order valence-electron chi connectivity index (χ4n) is 1.16. The lowest BCUT2D eigenvalue weighted by Crippen LogP contribution is -1.91. The molecule has 2 rings (SSSR count). The van der Waals surface area contributed by atoms with Gasteiger partial charge in [-0.15, -0.1) is 0 Å². The number of hydrogen-bond donors (Lipinski definition) is 1. The molecule has 4 nitrogen and oxygen atoms in total. The summed E-state index contributed by atoms with van der Waals surface area (Å²) in [5.74, 6) is 0. The second kappa shape index (κ2) is 3.83. The van der Waals surface area contributed by atoms with Gasteiger partial charge in [-0.3, -0.25) is 15.0 Å². The lowest BCUT2D eigenvalue weighted by molar-refractivity contribution is 1.17. The van der Waals surface area contributed by atoms with Crippen LogP contribution >= 0.6 is 0 Å². The average molecular weight is 186 g/mol. The van der Waals surface area contributed by atoms with Crippen LogP contribution in [-0.4, -0.2) is 22.0 Å². The normalized spacial score (nSPS) is 9.79. The Morgan fingerprint density at radius 3 is 2.64 bits per heavy atom. The molecule has 0 amide bonds. The van der Waals surface area contributed by atoms with E-state index in [0.717, 1.165) is 17.1 Å². The SMILES string of the molecule is CNc1ccnc(-c2cnccn2)c1. The van der Waals surface area contributed by atoms with Crippen LogP contribution in [0.2, 0.25) is 0 Å². The number of anilines is 1. The molecule has 0 saturated carbocycles. The number of nitrogens with zero attached hydrogens (tertiary/aromatic N) is 3. The molecule has 2 aromatic rings. The van der Waals surface area contributed by atoms with Crippen molar-refractivity contribution in [3.63, 3.8) is 0 Å². The first-order chi connectivity index (χ1) is 6.90. The molecular weight excluding hydrogens is 176 g/mol. The monoisotopic (exact) mass is 186 g/mol. The highest BCUT2D eigenvalue weighted by atomic mass is 14.8. The van der Waals surface area contributed by atoms with Crippen molar-refractivity contribution in [2.24, 2.45) is 0 Å². The summed E-state index contributed by atoms with van der Waals surface area (Å²) in [6, 6.07) is 3.84. The molecule has 14 heavy (non-hydrogen) atoms. The second-order valence-electron chi connectivity index (χ2n) is 2.77. The van der Waals surface area contributed by atoms with E-state index in [1.165, 1.54) is 0 Å². The van der Waals surface area contributed by atoms with Gasteiger partial charge in [-0.1, -0.05) is 0 Å². The molecule has 0 saturated heterocycles. The molecule has 4 heteroatoms. The van der Waals surface area contributed by atoms with Crippen molar-refractivity contribution < 1.29 is 0 Å². The Balaban J connectivity index is 2.42. The second-order valence-corrected chi connectivity index (χ2v) is 2.77. The fraction of sp³-hybridized carbons (Fsp3) is 0.100. The molecule has 0 fully saturated rings. The van der Waals surface area contributed by atoms with Gasteiger partial charge in [-0.2, -0.15) is 0 Å². The molecule has 0 aromatic carbocycles. The summed E-state index contributed by atoms with van der Waals surface area (Å²) in [4.78, 5) is 12.4. The maximum atomic E-state index is 4.22. The summed E-state index contributed by atoms with van der Waals surface area (Å²) in [5.41, 5.74) is 2.62. The van der Waals surface area contributed by atoms with Gasteiger partial charge in [0.1, 0.15) is 5.69 Å². The van der Waals surface area contributed by atoms with Crippen molar-refractivity contribution in [2.45, 2.75) is 0 Å². The maximum Gasteiger partial charge on any atom is 0.107 e. The third kappa shape index (κ3) is 1.69. The smallest absolute Gasteiger partial charge is 0.107 e. The molecular formula is C10H10N4. The molecule has 0 atom stereocenters. The van der Waals surface area contributed by atoms with Gasteiger partial charge in [0.25, 0.3) is 0 Å². The predicted octanol–water partition coefficient (Wildman–Crippen LogP) is 1.58. The third-order valence-corrected chi connectivity index (χ3v) is 1.87. The van der Waals surface area contributed by atoms with E-state index in [2.05, 4.69) is 20.3 Å². The largest absolute Gasteiger partial charge is 0.388 e. The van der Waals surface area contributed by atoms with Crippen molar-refractivity contribution >= 4 is 5.69 Å². The summed E-state index contributed by atoms with van der Waals surface area (Å²) in [7, 11) is 1.87. The molecule has 70 valence electrons. The van der Waals surface area contributed by atoms with Gasteiger partial charge < -0.3 is 5.32 Å². The Morgan fingerprint density at radius 2 is 1.93 bits per heavy atom. The van der Waals surface area contributed by atoms with Gasteiger partial charge in [0.2, 0.25) is 0 Å². The first kappa shape index (κ1) is 8.62. The van der Waals surface area contributed by atoms with Crippen LogP contribution in [0.1, 0.15) is 0 Å². The van der Waals surface area contributed by atoms with Gasteiger partial charge in [-0.05, 0) is 12.1 Å². The van der Waals surface area contributed by atoms with E-state index in [4.69, 9.17) is 0 Å². The van der Waals surface area contributed by atoms with Crippen LogP contribution in [0.15, 0.2) is 36.9 Å². The zero-order valence-corrected chi connectivity index (χ0v) is 7.81. The van der Waals surface area contributed by atoms with Crippen molar-refractivity contribution in [3.8, 4) is 11.4 Å². The molecule has 0 aliphatic rings. The predicted molar refractivity (Wildman–Crippen MR) is 54.8 cm³/mol. The molecule has 0 bridgehead atoms. The van der Waals surface area contributed by atoms with Gasteiger partial charge in [0.15, 0.2) is 0 Å². The van der Waals surface area contributed by atoms with Crippen molar-refractivity contribution in [2.75, 3.05) is 12.4 Å². The van der Waals surface area contributed by atoms with Crippen LogP contribution in [0.5, 0.6) is 0 Å². The molecule has 2 heterocycles.